The molecule has 3 amide bonds. The third-order valence-electron chi connectivity index (χ3n) is 6.16. The van der Waals surface area contributed by atoms with E-state index < -0.39 is 0 Å². The fraction of sp³-hybridized carbons (Fsp3) is 0.609. The second-order valence-corrected chi connectivity index (χ2v) is 8.20. The van der Waals surface area contributed by atoms with Crippen molar-refractivity contribution in [1.29, 1.82) is 0 Å². The highest BCUT2D eigenvalue weighted by Crippen LogP contribution is 2.29. The minimum Gasteiger partial charge on any atom is -0.341 e. The maximum absolute atomic E-state index is 13.1. The van der Waals surface area contributed by atoms with Crippen molar-refractivity contribution in [1.82, 2.24) is 14.7 Å². The van der Waals surface area contributed by atoms with Gasteiger partial charge in [-0.2, -0.15) is 0 Å². The Labute approximate surface area is 173 Å². The highest BCUT2D eigenvalue weighted by molar-refractivity contribution is 5.89. The number of benzene rings is 1. The van der Waals surface area contributed by atoms with Gasteiger partial charge in [0.2, 0.25) is 17.7 Å². The molecule has 0 bridgehead atoms. The van der Waals surface area contributed by atoms with Crippen LogP contribution in [0.25, 0.3) is 0 Å². The van der Waals surface area contributed by atoms with Gasteiger partial charge in [-0.25, -0.2) is 0 Å². The van der Waals surface area contributed by atoms with Gasteiger partial charge in [-0.1, -0.05) is 43.7 Å². The van der Waals surface area contributed by atoms with Crippen LogP contribution in [0.1, 0.15) is 57.6 Å². The Kier molecular flexibility index (Phi) is 7.29. The highest BCUT2D eigenvalue weighted by atomic mass is 16.2. The van der Waals surface area contributed by atoms with E-state index in [4.69, 9.17) is 0 Å². The molecule has 1 aromatic rings. The molecule has 29 heavy (non-hydrogen) atoms. The first-order chi connectivity index (χ1) is 14.0. The number of amides is 3. The molecule has 0 saturated carbocycles. The van der Waals surface area contributed by atoms with E-state index in [2.05, 4.69) is 6.92 Å². The average Bonchev–Trinajstić information content (AvgIpc) is 2.97. The third-order valence-corrected chi connectivity index (χ3v) is 6.16. The molecule has 2 unspecified atom stereocenters. The van der Waals surface area contributed by atoms with Crippen molar-refractivity contribution >= 4 is 17.7 Å². The molecule has 2 aliphatic rings. The predicted octanol–water partition coefficient (Wildman–Crippen LogP) is 2.85. The topological polar surface area (TPSA) is 60.9 Å². The first kappa shape index (κ1) is 21.3. The Bertz CT molecular complexity index is 721. The molecule has 2 aliphatic heterocycles. The molecule has 0 spiro atoms. The number of carbonyl (C=O) groups excluding carboxylic acids is 3. The minimum absolute atomic E-state index is 0.0303. The van der Waals surface area contributed by atoms with Crippen molar-refractivity contribution < 1.29 is 14.4 Å². The number of hydrogen-bond acceptors (Lipinski definition) is 3. The number of hydrogen-bond donors (Lipinski definition) is 0. The zero-order chi connectivity index (χ0) is 20.8. The van der Waals surface area contributed by atoms with Crippen molar-refractivity contribution in [3.05, 3.63) is 35.9 Å². The van der Waals surface area contributed by atoms with Gasteiger partial charge < -0.3 is 14.7 Å². The quantitative estimate of drug-likeness (QED) is 0.739. The van der Waals surface area contributed by atoms with Gasteiger partial charge in [0.15, 0.2) is 0 Å². The normalized spacial score (nSPS) is 21.2. The fourth-order valence-corrected chi connectivity index (χ4v) is 4.31. The van der Waals surface area contributed by atoms with E-state index in [1.54, 1.807) is 0 Å². The summed E-state index contributed by atoms with van der Waals surface area (Å²) in [5.74, 6) is 0.0194. The Morgan fingerprint density at radius 2 is 1.76 bits per heavy atom. The lowest BCUT2D eigenvalue weighted by Gasteiger charge is -2.27. The molecule has 2 saturated heterocycles. The van der Waals surface area contributed by atoms with E-state index in [-0.39, 0.29) is 36.1 Å². The molecule has 6 nitrogen and oxygen atoms in total. The monoisotopic (exact) mass is 399 g/mol. The standard InChI is InChI=1S/C23H33N3O3/c1-3-4-11-21(27)24-12-8-13-25(15-14-24)23(29)20-16-22(28)26(17-20)18(2)19-9-6-5-7-10-19/h5-7,9-10,18,20H,3-4,8,11-17H2,1-2H3. The van der Waals surface area contributed by atoms with Crippen molar-refractivity contribution in [2.75, 3.05) is 32.7 Å². The largest absolute Gasteiger partial charge is 0.341 e. The summed E-state index contributed by atoms with van der Waals surface area (Å²) < 4.78 is 0. The summed E-state index contributed by atoms with van der Waals surface area (Å²) in [6.07, 6.45) is 3.60. The van der Waals surface area contributed by atoms with E-state index >= 15 is 0 Å². The summed E-state index contributed by atoms with van der Waals surface area (Å²) in [4.78, 5) is 43.6. The van der Waals surface area contributed by atoms with Crippen LogP contribution in [0.15, 0.2) is 30.3 Å². The number of carbonyl (C=O) groups is 3. The van der Waals surface area contributed by atoms with Gasteiger partial charge in [-0.05, 0) is 25.3 Å². The molecular weight excluding hydrogens is 366 g/mol. The zero-order valence-electron chi connectivity index (χ0n) is 17.7. The van der Waals surface area contributed by atoms with Gasteiger partial charge in [0.25, 0.3) is 0 Å². The van der Waals surface area contributed by atoms with E-state index in [0.29, 0.717) is 39.1 Å². The van der Waals surface area contributed by atoms with Gasteiger partial charge in [0.05, 0.1) is 12.0 Å². The molecule has 6 heteroatoms. The van der Waals surface area contributed by atoms with Gasteiger partial charge >= 0.3 is 0 Å². The third kappa shape index (κ3) is 5.17. The lowest BCUT2D eigenvalue weighted by Crippen LogP contribution is -2.40. The van der Waals surface area contributed by atoms with Gasteiger partial charge in [0.1, 0.15) is 0 Å². The number of nitrogens with zero attached hydrogens (tertiary/aromatic N) is 3. The molecule has 2 fully saturated rings. The fourth-order valence-electron chi connectivity index (χ4n) is 4.31. The van der Waals surface area contributed by atoms with Crippen molar-refractivity contribution in [2.24, 2.45) is 5.92 Å². The Morgan fingerprint density at radius 1 is 1.07 bits per heavy atom. The maximum Gasteiger partial charge on any atom is 0.228 e. The molecule has 0 N–H and O–H groups in total. The molecule has 0 radical (unpaired) electrons. The Morgan fingerprint density at radius 3 is 2.48 bits per heavy atom. The van der Waals surface area contributed by atoms with E-state index in [1.165, 1.54) is 0 Å². The van der Waals surface area contributed by atoms with Crippen LogP contribution in [-0.2, 0) is 14.4 Å². The summed E-state index contributed by atoms with van der Waals surface area (Å²) >= 11 is 0. The Balaban J connectivity index is 1.57. The van der Waals surface area contributed by atoms with Crippen molar-refractivity contribution in [3.63, 3.8) is 0 Å². The lowest BCUT2D eigenvalue weighted by molar-refractivity contribution is -0.136. The van der Waals surface area contributed by atoms with E-state index in [1.807, 2.05) is 52.0 Å². The van der Waals surface area contributed by atoms with Crippen LogP contribution in [0.2, 0.25) is 0 Å². The van der Waals surface area contributed by atoms with Crippen LogP contribution in [0, 0.1) is 5.92 Å². The average molecular weight is 400 g/mol. The van der Waals surface area contributed by atoms with Crippen LogP contribution in [0.5, 0.6) is 0 Å². The van der Waals surface area contributed by atoms with Crippen molar-refractivity contribution in [2.45, 2.75) is 52.0 Å². The summed E-state index contributed by atoms with van der Waals surface area (Å²) in [6, 6.07) is 9.92. The molecule has 3 rings (SSSR count). The molecule has 0 aliphatic carbocycles. The number of likely N-dealkylation sites (tertiary alicyclic amines) is 1. The molecule has 2 heterocycles. The molecular formula is C23H33N3O3. The van der Waals surface area contributed by atoms with Gasteiger partial charge in [-0.15, -0.1) is 0 Å². The second-order valence-electron chi connectivity index (χ2n) is 8.20. The smallest absolute Gasteiger partial charge is 0.228 e. The van der Waals surface area contributed by atoms with Crippen LogP contribution in [0.3, 0.4) is 0 Å². The first-order valence-electron chi connectivity index (χ1n) is 10.9. The molecule has 158 valence electrons. The zero-order valence-corrected chi connectivity index (χ0v) is 17.7. The summed E-state index contributed by atoms with van der Waals surface area (Å²) in [5.41, 5.74) is 1.09. The highest BCUT2D eigenvalue weighted by Gasteiger charge is 2.39. The lowest BCUT2D eigenvalue weighted by atomic mass is 10.1. The van der Waals surface area contributed by atoms with E-state index in [0.717, 1.165) is 24.8 Å². The molecule has 1 aromatic carbocycles. The Hall–Kier alpha value is -2.37. The molecule has 2 atom stereocenters. The number of unbranched alkanes of at least 4 members (excludes halogenated alkanes) is 1. The van der Waals surface area contributed by atoms with Gasteiger partial charge in [0, 0.05) is 45.6 Å². The maximum atomic E-state index is 13.1. The van der Waals surface area contributed by atoms with Crippen LogP contribution >= 0.6 is 0 Å². The van der Waals surface area contributed by atoms with Crippen LogP contribution < -0.4 is 0 Å². The van der Waals surface area contributed by atoms with E-state index in [9.17, 15) is 14.4 Å². The predicted molar refractivity (Wildman–Crippen MR) is 112 cm³/mol. The summed E-state index contributed by atoms with van der Waals surface area (Å²) in [6.45, 7) is 7.12. The second kappa shape index (κ2) is 9.90. The van der Waals surface area contributed by atoms with Gasteiger partial charge in [-0.3, -0.25) is 14.4 Å². The summed E-state index contributed by atoms with van der Waals surface area (Å²) in [5, 5.41) is 0. The molecule has 0 aromatic heterocycles. The minimum atomic E-state index is -0.281. The SMILES string of the molecule is CCCCC(=O)N1CCCN(C(=O)C2CC(=O)N(C(C)c3ccccc3)C2)CC1. The summed E-state index contributed by atoms with van der Waals surface area (Å²) in [7, 11) is 0. The number of rotatable bonds is 6. The first-order valence-corrected chi connectivity index (χ1v) is 10.9. The van der Waals surface area contributed by atoms with Crippen LogP contribution in [-0.4, -0.2) is 65.1 Å². The van der Waals surface area contributed by atoms with Crippen molar-refractivity contribution in [3.8, 4) is 0 Å². The van der Waals surface area contributed by atoms with Crippen LogP contribution in [0.4, 0.5) is 0 Å².